The van der Waals surface area contributed by atoms with E-state index in [9.17, 15) is 9.59 Å². The first-order chi connectivity index (χ1) is 7.68. The Kier molecular flexibility index (Phi) is 5.85. The summed E-state index contributed by atoms with van der Waals surface area (Å²) < 4.78 is 0. The van der Waals surface area contributed by atoms with Gasteiger partial charge in [-0.05, 0) is 25.8 Å². The van der Waals surface area contributed by atoms with E-state index in [1.807, 2.05) is 0 Å². The number of rotatable bonds is 6. The summed E-state index contributed by atoms with van der Waals surface area (Å²) >= 11 is 0. The van der Waals surface area contributed by atoms with E-state index >= 15 is 0 Å². The quantitative estimate of drug-likeness (QED) is 0.648. The number of hydrogen-bond acceptors (Lipinski definition) is 3. The highest BCUT2D eigenvalue weighted by Crippen LogP contribution is 2.03. The van der Waals surface area contributed by atoms with Crippen LogP contribution in [0.2, 0.25) is 0 Å². The molecule has 16 heavy (non-hydrogen) atoms. The van der Waals surface area contributed by atoms with Crippen molar-refractivity contribution >= 4 is 11.9 Å². The first-order valence-corrected chi connectivity index (χ1v) is 5.89. The SMILES string of the molecule is O=C(O)CCCCCN1CCCNC(=O)C1. The molecule has 0 atom stereocenters. The second-order valence-corrected chi connectivity index (χ2v) is 4.18. The van der Waals surface area contributed by atoms with Crippen LogP contribution in [0.3, 0.4) is 0 Å². The first kappa shape index (κ1) is 13.0. The van der Waals surface area contributed by atoms with Crippen molar-refractivity contribution in [3.05, 3.63) is 0 Å². The van der Waals surface area contributed by atoms with Gasteiger partial charge in [0.15, 0.2) is 0 Å². The standard InChI is InChI=1S/C11H20N2O3/c14-10-9-13(8-4-6-12-10)7-3-1-2-5-11(15)16/h1-9H2,(H,12,14)(H,15,16). The minimum absolute atomic E-state index is 0.100. The Morgan fingerprint density at radius 3 is 2.94 bits per heavy atom. The van der Waals surface area contributed by atoms with Gasteiger partial charge in [-0.15, -0.1) is 0 Å². The van der Waals surface area contributed by atoms with E-state index in [0.29, 0.717) is 6.54 Å². The number of nitrogens with one attached hydrogen (secondary N) is 1. The molecule has 5 heteroatoms. The molecule has 2 N–H and O–H groups in total. The molecule has 92 valence electrons. The van der Waals surface area contributed by atoms with Crippen molar-refractivity contribution in [1.29, 1.82) is 0 Å². The minimum atomic E-state index is -0.728. The van der Waals surface area contributed by atoms with Gasteiger partial charge in [-0.3, -0.25) is 14.5 Å². The van der Waals surface area contributed by atoms with Gasteiger partial charge in [-0.25, -0.2) is 0 Å². The lowest BCUT2D eigenvalue weighted by Crippen LogP contribution is -2.33. The monoisotopic (exact) mass is 228 g/mol. The first-order valence-electron chi connectivity index (χ1n) is 5.89. The van der Waals surface area contributed by atoms with Crippen LogP contribution in [0.5, 0.6) is 0 Å². The normalized spacial score (nSPS) is 17.9. The van der Waals surface area contributed by atoms with E-state index in [2.05, 4.69) is 10.2 Å². The summed E-state index contributed by atoms with van der Waals surface area (Å²) in [6.45, 7) is 3.11. The van der Waals surface area contributed by atoms with Gasteiger partial charge in [-0.2, -0.15) is 0 Å². The smallest absolute Gasteiger partial charge is 0.303 e. The van der Waals surface area contributed by atoms with Crippen LogP contribution in [0.1, 0.15) is 32.1 Å². The number of carboxylic acids is 1. The van der Waals surface area contributed by atoms with Crippen molar-refractivity contribution in [3.8, 4) is 0 Å². The van der Waals surface area contributed by atoms with Crippen molar-refractivity contribution < 1.29 is 14.7 Å². The third-order valence-corrected chi connectivity index (χ3v) is 2.71. The fourth-order valence-corrected chi connectivity index (χ4v) is 1.85. The topological polar surface area (TPSA) is 69.6 Å². The van der Waals surface area contributed by atoms with Gasteiger partial charge in [-0.1, -0.05) is 6.42 Å². The number of unbranched alkanes of at least 4 members (excludes halogenated alkanes) is 2. The maximum Gasteiger partial charge on any atom is 0.303 e. The predicted molar refractivity (Wildman–Crippen MR) is 60.2 cm³/mol. The molecule has 0 radical (unpaired) electrons. The van der Waals surface area contributed by atoms with Gasteiger partial charge in [0.05, 0.1) is 6.54 Å². The van der Waals surface area contributed by atoms with Crippen molar-refractivity contribution in [3.63, 3.8) is 0 Å². The zero-order valence-electron chi connectivity index (χ0n) is 9.57. The fourth-order valence-electron chi connectivity index (χ4n) is 1.85. The molecule has 0 aromatic carbocycles. The fraction of sp³-hybridized carbons (Fsp3) is 0.818. The zero-order valence-corrected chi connectivity index (χ0v) is 9.57. The maximum absolute atomic E-state index is 11.2. The zero-order chi connectivity index (χ0) is 11.8. The van der Waals surface area contributed by atoms with Gasteiger partial charge in [0.1, 0.15) is 0 Å². The second-order valence-electron chi connectivity index (χ2n) is 4.18. The van der Waals surface area contributed by atoms with Crippen molar-refractivity contribution in [2.75, 3.05) is 26.2 Å². The highest BCUT2D eigenvalue weighted by Gasteiger charge is 2.13. The van der Waals surface area contributed by atoms with E-state index in [-0.39, 0.29) is 12.3 Å². The third-order valence-electron chi connectivity index (χ3n) is 2.71. The summed E-state index contributed by atoms with van der Waals surface area (Å²) in [4.78, 5) is 23.7. The molecule has 1 saturated heterocycles. The van der Waals surface area contributed by atoms with Gasteiger partial charge < -0.3 is 10.4 Å². The summed E-state index contributed by atoms with van der Waals surface area (Å²) in [5.74, 6) is -0.628. The van der Waals surface area contributed by atoms with E-state index in [4.69, 9.17) is 5.11 Å². The van der Waals surface area contributed by atoms with Crippen LogP contribution in [0.4, 0.5) is 0 Å². The average Bonchev–Trinajstić information content (AvgIpc) is 2.42. The lowest BCUT2D eigenvalue weighted by molar-refractivity contribution is -0.137. The molecule has 5 nitrogen and oxygen atoms in total. The molecular formula is C11H20N2O3. The number of carbonyl (C=O) groups is 2. The largest absolute Gasteiger partial charge is 0.481 e. The molecule has 0 spiro atoms. The predicted octanol–water partition coefficient (Wildman–Crippen LogP) is 0.453. The Hall–Kier alpha value is -1.10. The van der Waals surface area contributed by atoms with Crippen molar-refractivity contribution in [2.24, 2.45) is 0 Å². The molecule has 1 heterocycles. The Morgan fingerprint density at radius 2 is 2.19 bits per heavy atom. The van der Waals surface area contributed by atoms with Crippen LogP contribution in [0.25, 0.3) is 0 Å². The summed E-state index contributed by atoms with van der Waals surface area (Å²) in [5.41, 5.74) is 0. The molecule has 1 aliphatic rings. The summed E-state index contributed by atoms with van der Waals surface area (Å²) in [7, 11) is 0. The molecule has 0 aromatic rings. The number of amides is 1. The van der Waals surface area contributed by atoms with Gasteiger partial charge in [0, 0.05) is 19.5 Å². The molecular weight excluding hydrogens is 208 g/mol. The Morgan fingerprint density at radius 1 is 1.38 bits per heavy atom. The lowest BCUT2D eigenvalue weighted by atomic mass is 10.2. The number of carboxylic acid groups (broad SMARTS) is 1. The van der Waals surface area contributed by atoms with E-state index < -0.39 is 5.97 Å². The average molecular weight is 228 g/mol. The lowest BCUT2D eigenvalue weighted by Gasteiger charge is -2.17. The molecule has 1 aliphatic heterocycles. The van der Waals surface area contributed by atoms with Crippen LogP contribution in [-0.4, -0.2) is 48.1 Å². The van der Waals surface area contributed by atoms with Crippen LogP contribution in [0.15, 0.2) is 0 Å². The number of hydrogen-bond donors (Lipinski definition) is 2. The second kappa shape index (κ2) is 7.22. The molecule has 1 fully saturated rings. The van der Waals surface area contributed by atoms with E-state index in [1.54, 1.807) is 0 Å². The Labute approximate surface area is 95.8 Å². The van der Waals surface area contributed by atoms with Gasteiger partial charge in [0.2, 0.25) is 5.91 Å². The Balaban J connectivity index is 2.07. The van der Waals surface area contributed by atoms with Crippen molar-refractivity contribution in [1.82, 2.24) is 10.2 Å². The molecule has 0 unspecified atom stereocenters. The minimum Gasteiger partial charge on any atom is -0.481 e. The van der Waals surface area contributed by atoms with Gasteiger partial charge in [0.25, 0.3) is 0 Å². The Bertz CT molecular complexity index is 243. The highest BCUT2D eigenvalue weighted by atomic mass is 16.4. The summed E-state index contributed by atoms with van der Waals surface area (Å²) in [6, 6.07) is 0. The van der Waals surface area contributed by atoms with Crippen molar-refractivity contribution in [2.45, 2.75) is 32.1 Å². The van der Waals surface area contributed by atoms with Crippen LogP contribution in [0, 0.1) is 0 Å². The number of aliphatic carboxylic acids is 1. The number of nitrogens with zero attached hydrogens (tertiary/aromatic N) is 1. The summed E-state index contributed by atoms with van der Waals surface area (Å²) in [5, 5.41) is 11.3. The van der Waals surface area contributed by atoms with E-state index in [0.717, 1.165) is 45.3 Å². The maximum atomic E-state index is 11.2. The molecule has 0 aliphatic carbocycles. The molecule has 0 aromatic heterocycles. The third kappa shape index (κ3) is 5.70. The van der Waals surface area contributed by atoms with Crippen LogP contribution < -0.4 is 5.32 Å². The van der Waals surface area contributed by atoms with Crippen LogP contribution >= 0.6 is 0 Å². The van der Waals surface area contributed by atoms with Gasteiger partial charge >= 0.3 is 5.97 Å². The summed E-state index contributed by atoms with van der Waals surface area (Å²) in [6.07, 6.45) is 3.88. The number of carbonyl (C=O) groups excluding carboxylic acids is 1. The molecule has 0 saturated carbocycles. The molecule has 0 bridgehead atoms. The van der Waals surface area contributed by atoms with E-state index in [1.165, 1.54) is 0 Å². The molecule has 1 amide bonds. The molecule has 1 rings (SSSR count). The van der Waals surface area contributed by atoms with Crippen LogP contribution in [-0.2, 0) is 9.59 Å². The highest BCUT2D eigenvalue weighted by molar-refractivity contribution is 5.78.